The van der Waals surface area contributed by atoms with Crippen LogP contribution in [0.1, 0.15) is 11.4 Å². The van der Waals surface area contributed by atoms with Gasteiger partial charge >= 0.3 is 5.69 Å². The Morgan fingerprint density at radius 3 is 2.50 bits per heavy atom. The van der Waals surface area contributed by atoms with Crippen molar-refractivity contribution in [3.8, 4) is 0 Å². The number of rotatable bonds is 2. The van der Waals surface area contributed by atoms with Gasteiger partial charge in [-0.05, 0) is 13.8 Å². The summed E-state index contributed by atoms with van der Waals surface area (Å²) >= 11 is 5.50. The molecule has 66 valence electrons. The standard InChI is InChI=1S/C6H8ClN3O2/c1-4-6(10(11)12)5(2)9(3-7)8-4/h3H2,1-2H3. The second-order valence-corrected chi connectivity index (χ2v) is 2.63. The first-order valence-electron chi connectivity index (χ1n) is 3.32. The highest BCUT2D eigenvalue weighted by molar-refractivity contribution is 6.15. The van der Waals surface area contributed by atoms with Crippen molar-refractivity contribution in [3.63, 3.8) is 0 Å². The van der Waals surface area contributed by atoms with Crippen LogP contribution < -0.4 is 0 Å². The van der Waals surface area contributed by atoms with Crippen LogP contribution in [0.5, 0.6) is 0 Å². The first-order chi connectivity index (χ1) is 5.57. The molecule has 1 aromatic rings. The molecule has 0 radical (unpaired) electrons. The Bertz CT molecular complexity index is 321. The molecule has 0 aromatic carbocycles. The third-order valence-electron chi connectivity index (χ3n) is 1.64. The smallest absolute Gasteiger partial charge is 0.258 e. The third-order valence-corrected chi connectivity index (χ3v) is 1.87. The van der Waals surface area contributed by atoms with Crippen LogP contribution in [0.3, 0.4) is 0 Å². The number of nitrogens with zero attached hydrogens (tertiary/aromatic N) is 3. The monoisotopic (exact) mass is 189 g/mol. The maximum atomic E-state index is 10.5. The van der Waals surface area contributed by atoms with Crippen LogP contribution >= 0.6 is 11.6 Å². The maximum Gasteiger partial charge on any atom is 0.312 e. The number of aromatic nitrogens is 2. The molecule has 0 saturated carbocycles. The molecule has 0 N–H and O–H groups in total. The molecule has 1 heterocycles. The largest absolute Gasteiger partial charge is 0.312 e. The average molecular weight is 190 g/mol. The summed E-state index contributed by atoms with van der Waals surface area (Å²) in [5, 5.41) is 14.4. The SMILES string of the molecule is Cc1nn(CCl)c(C)c1[N+](=O)[O-]. The number of halogens is 1. The fourth-order valence-corrected chi connectivity index (χ4v) is 1.30. The molecule has 0 saturated heterocycles. The first kappa shape index (κ1) is 8.99. The minimum atomic E-state index is -0.444. The lowest BCUT2D eigenvalue weighted by molar-refractivity contribution is -0.386. The Balaban J connectivity index is 3.28. The summed E-state index contributed by atoms with van der Waals surface area (Å²) in [5.41, 5.74) is 0.946. The van der Waals surface area contributed by atoms with Crippen molar-refractivity contribution in [2.45, 2.75) is 19.9 Å². The Kier molecular flexibility index (Phi) is 2.32. The number of aryl methyl sites for hydroxylation is 1. The van der Waals surface area contributed by atoms with Crippen LogP contribution in [-0.4, -0.2) is 14.7 Å². The van der Waals surface area contributed by atoms with E-state index in [1.165, 1.54) is 4.68 Å². The summed E-state index contributed by atoms with van der Waals surface area (Å²) < 4.78 is 1.40. The molecule has 0 spiro atoms. The van der Waals surface area contributed by atoms with Crippen LogP contribution in [0.15, 0.2) is 0 Å². The van der Waals surface area contributed by atoms with Crippen molar-refractivity contribution in [1.29, 1.82) is 0 Å². The van der Waals surface area contributed by atoms with Gasteiger partial charge in [0, 0.05) is 0 Å². The van der Waals surface area contributed by atoms with Crippen LogP contribution in [0.2, 0.25) is 0 Å². The fraction of sp³-hybridized carbons (Fsp3) is 0.500. The van der Waals surface area contributed by atoms with Crippen molar-refractivity contribution in [1.82, 2.24) is 9.78 Å². The summed E-state index contributed by atoms with van der Waals surface area (Å²) in [7, 11) is 0. The fourth-order valence-electron chi connectivity index (χ4n) is 1.07. The molecule has 0 unspecified atom stereocenters. The quantitative estimate of drug-likeness (QED) is 0.403. The van der Waals surface area contributed by atoms with Crippen molar-refractivity contribution in [2.75, 3.05) is 0 Å². The Morgan fingerprint density at radius 2 is 2.25 bits per heavy atom. The van der Waals surface area contributed by atoms with Gasteiger partial charge in [-0.2, -0.15) is 5.10 Å². The lowest BCUT2D eigenvalue weighted by atomic mass is 10.3. The van der Waals surface area contributed by atoms with Crippen LogP contribution in [-0.2, 0) is 6.00 Å². The van der Waals surface area contributed by atoms with Gasteiger partial charge in [0.2, 0.25) is 0 Å². The minimum absolute atomic E-state index is 0.0515. The number of hydrogen-bond acceptors (Lipinski definition) is 3. The molecule has 0 aliphatic heterocycles. The predicted octanol–water partition coefficient (Wildman–Crippen LogP) is 1.60. The number of nitro groups is 1. The molecule has 1 rings (SSSR count). The van der Waals surface area contributed by atoms with Gasteiger partial charge in [-0.15, -0.1) is 11.6 Å². The van der Waals surface area contributed by atoms with E-state index >= 15 is 0 Å². The van der Waals surface area contributed by atoms with E-state index in [0.717, 1.165) is 0 Å². The first-order valence-corrected chi connectivity index (χ1v) is 3.85. The molecule has 0 aliphatic carbocycles. The zero-order chi connectivity index (χ0) is 9.30. The van der Waals surface area contributed by atoms with Gasteiger partial charge in [-0.3, -0.25) is 10.1 Å². The lowest BCUT2D eigenvalue weighted by Gasteiger charge is -1.93. The summed E-state index contributed by atoms with van der Waals surface area (Å²) in [6.07, 6.45) is 0. The zero-order valence-electron chi connectivity index (χ0n) is 6.74. The zero-order valence-corrected chi connectivity index (χ0v) is 7.50. The van der Waals surface area contributed by atoms with Gasteiger partial charge in [0.05, 0.1) is 4.92 Å². The molecular weight excluding hydrogens is 182 g/mol. The van der Waals surface area contributed by atoms with E-state index in [1.54, 1.807) is 13.8 Å². The highest BCUT2D eigenvalue weighted by atomic mass is 35.5. The second-order valence-electron chi connectivity index (χ2n) is 2.40. The molecule has 0 bridgehead atoms. The van der Waals surface area contributed by atoms with Gasteiger partial charge in [0.15, 0.2) is 0 Å². The van der Waals surface area contributed by atoms with Gasteiger partial charge < -0.3 is 0 Å². The predicted molar refractivity (Wildman–Crippen MR) is 44.2 cm³/mol. The normalized spacial score (nSPS) is 10.2. The molecule has 12 heavy (non-hydrogen) atoms. The highest BCUT2D eigenvalue weighted by Gasteiger charge is 2.20. The molecule has 6 heteroatoms. The lowest BCUT2D eigenvalue weighted by Crippen LogP contribution is -1.97. The van der Waals surface area contributed by atoms with Gasteiger partial charge in [-0.25, -0.2) is 4.68 Å². The topological polar surface area (TPSA) is 61.0 Å². The number of alkyl halides is 1. The maximum absolute atomic E-state index is 10.5. The van der Waals surface area contributed by atoms with Crippen LogP contribution in [0, 0.1) is 24.0 Å². The summed E-state index contributed by atoms with van der Waals surface area (Å²) in [5.74, 6) is 0. The second kappa shape index (κ2) is 3.10. The summed E-state index contributed by atoms with van der Waals surface area (Å²) in [4.78, 5) is 10.0. The molecule has 0 amide bonds. The molecular formula is C6H8ClN3O2. The van der Waals surface area contributed by atoms with Crippen molar-refractivity contribution in [2.24, 2.45) is 0 Å². The molecule has 1 aromatic heterocycles. The Hall–Kier alpha value is -1.10. The third kappa shape index (κ3) is 1.27. The minimum Gasteiger partial charge on any atom is -0.258 e. The molecule has 0 atom stereocenters. The van der Waals surface area contributed by atoms with E-state index in [2.05, 4.69) is 5.10 Å². The van der Waals surface area contributed by atoms with Crippen molar-refractivity contribution < 1.29 is 4.92 Å². The Labute approximate surface area is 74.1 Å². The van der Waals surface area contributed by atoms with Crippen LogP contribution in [0.4, 0.5) is 5.69 Å². The summed E-state index contributed by atoms with van der Waals surface area (Å²) in [6.45, 7) is 3.22. The average Bonchev–Trinajstić information content (AvgIpc) is 2.25. The van der Waals surface area contributed by atoms with Gasteiger partial charge in [-0.1, -0.05) is 0 Å². The molecule has 0 aliphatic rings. The van der Waals surface area contributed by atoms with Crippen LogP contribution in [0.25, 0.3) is 0 Å². The van der Waals surface area contributed by atoms with E-state index < -0.39 is 4.92 Å². The van der Waals surface area contributed by atoms with E-state index in [-0.39, 0.29) is 11.7 Å². The molecule has 5 nitrogen and oxygen atoms in total. The number of hydrogen-bond donors (Lipinski definition) is 0. The van der Waals surface area contributed by atoms with Gasteiger partial charge in [0.25, 0.3) is 0 Å². The van der Waals surface area contributed by atoms with E-state index in [1.807, 2.05) is 0 Å². The van der Waals surface area contributed by atoms with Crippen molar-refractivity contribution in [3.05, 3.63) is 21.5 Å². The highest BCUT2D eigenvalue weighted by Crippen LogP contribution is 2.21. The van der Waals surface area contributed by atoms with E-state index in [4.69, 9.17) is 11.6 Å². The summed E-state index contributed by atoms with van der Waals surface area (Å²) in [6, 6.07) is 0.139. The molecule has 0 fully saturated rings. The van der Waals surface area contributed by atoms with Gasteiger partial charge in [0.1, 0.15) is 17.4 Å². The van der Waals surface area contributed by atoms with E-state index in [9.17, 15) is 10.1 Å². The van der Waals surface area contributed by atoms with E-state index in [0.29, 0.717) is 11.4 Å². The van der Waals surface area contributed by atoms with Crippen molar-refractivity contribution >= 4 is 17.3 Å². The Morgan fingerprint density at radius 1 is 1.67 bits per heavy atom.